The average Bonchev–Trinajstić information content (AvgIpc) is 2.46. The van der Waals surface area contributed by atoms with Gasteiger partial charge < -0.3 is 20.3 Å². The number of rotatable bonds is 5. The fourth-order valence-electron chi connectivity index (χ4n) is 2.22. The fourth-order valence-corrected chi connectivity index (χ4v) is 2.22. The summed E-state index contributed by atoms with van der Waals surface area (Å²) < 4.78 is 5.38. The summed E-state index contributed by atoms with van der Waals surface area (Å²) in [6.45, 7) is 2.02. The van der Waals surface area contributed by atoms with Crippen molar-refractivity contribution in [2.24, 2.45) is 0 Å². The van der Waals surface area contributed by atoms with Crippen LogP contribution in [0.2, 0.25) is 0 Å². The van der Waals surface area contributed by atoms with E-state index in [2.05, 4.69) is 17.4 Å². The van der Waals surface area contributed by atoms with Crippen LogP contribution in [0.4, 0.5) is 0 Å². The molecule has 0 saturated carbocycles. The van der Waals surface area contributed by atoms with E-state index in [1.165, 1.54) is 18.4 Å². The maximum absolute atomic E-state index is 9.19. The summed E-state index contributed by atoms with van der Waals surface area (Å²) >= 11 is 0. The molecule has 2 rings (SSSR count). The predicted molar refractivity (Wildman–Crippen MR) is 69.9 cm³/mol. The zero-order chi connectivity index (χ0) is 12.8. The molecule has 0 amide bonds. The highest BCUT2D eigenvalue weighted by Crippen LogP contribution is 2.24. The molecule has 1 heterocycles. The van der Waals surface area contributed by atoms with Crippen molar-refractivity contribution in [3.05, 3.63) is 29.8 Å². The number of hydrogen-bond acceptors (Lipinski definition) is 4. The van der Waals surface area contributed by atoms with E-state index in [0.717, 1.165) is 18.8 Å². The molecule has 0 aromatic heterocycles. The van der Waals surface area contributed by atoms with Crippen molar-refractivity contribution >= 4 is 0 Å². The second kappa shape index (κ2) is 6.73. The molecule has 1 aromatic rings. The molecule has 1 fully saturated rings. The molecule has 0 bridgehead atoms. The molecule has 2 unspecified atom stereocenters. The molecule has 2 atom stereocenters. The molecule has 18 heavy (non-hydrogen) atoms. The van der Waals surface area contributed by atoms with Crippen molar-refractivity contribution in [3.8, 4) is 5.75 Å². The first-order valence-electron chi connectivity index (χ1n) is 6.52. The maximum atomic E-state index is 9.19. The molecule has 1 saturated heterocycles. The summed E-state index contributed by atoms with van der Waals surface area (Å²) in [6, 6.07) is 8.01. The summed E-state index contributed by atoms with van der Waals surface area (Å²) in [6.07, 6.45) is 1.65. The van der Waals surface area contributed by atoms with Gasteiger partial charge in [-0.1, -0.05) is 12.1 Å². The Bertz CT molecular complexity index is 347. The summed E-state index contributed by atoms with van der Waals surface area (Å²) in [5.74, 6) is 1.32. The predicted octanol–water partition coefficient (Wildman–Crippen LogP) is 0.886. The Morgan fingerprint density at radius 2 is 2.11 bits per heavy atom. The van der Waals surface area contributed by atoms with E-state index in [0.29, 0.717) is 5.92 Å². The van der Waals surface area contributed by atoms with Crippen molar-refractivity contribution in [2.45, 2.75) is 24.9 Å². The van der Waals surface area contributed by atoms with Gasteiger partial charge in [0.25, 0.3) is 0 Å². The summed E-state index contributed by atoms with van der Waals surface area (Å²) in [7, 11) is 0. The van der Waals surface area contributed by atoms with Gasteiger partial charge in [0.2, 0.25) is 0 Å². The molecule has 1 aromatic carbocycles. The Morgan fingerprint density at radius 3 is 2.72 bits per heavy atom. The minimum atomic E-state index is -0.813. The molecule has 4 heteroatoms. The maximum Gasteiger partial charge on any atom is 0.119 e. The zero-order valence-corrected chi connectivity index (χ0v) is 10.5. The molecule has 4 nitrogen and oxygen atoms in total. The standard InChI is InChI=1S/C14H21NO3/c16-9-13(17)10-18-14-5-3-11(4-6-14)12-2-1-7-15-8-12/h3-6,12-13,15-17H,1-2,7-10H2. The summed E-state index contributed by atoms with van der Waals surface area (Å²) in [4.78, 5) is 0. The third kappa shape index (κ3) is 3.70. The number of piperidine rings is 1. The Labute approximate surface area is 108 Å². The van der Waals surface area contributed by atoms with Gasteiger partial charge in [0, 0.05) is 6.54 Å². The topological polar surface area (TPSA) is 61.7 Å². The average molecular weight is 251 g/mol. The molecule has 0 aliphatic carbocycles. The van der Waals surface area contributed by atoms with E-state index >= 15 is 0 Å². The summed E-state index contributed by atoms with van der Waals surface area (Å²) in [5, 5.41) is 21.3. The molecule has 0 spiro atoms. The van der Waals surface area contributed by atoms with Crippen molar-refractivity contribution in [1.82, 2.24) is 5.32 Å². The van der Waals surface area contributed by atoms with Crippen molar-refractivity contribution in [1.29, 1.82) is 0 Å². The lowest BCUT2D eigenvalue weighted by Crippen LogP contribution is -2.28. The molecule has 1 aliphatic rings. The molecular weight excluding hydrogens is 230 g/mol. The van der Waals surface area contributed by atoms with E-state index in [1.54, 1.807) is 0 Å². The fraction of sp³-hybridized carbons (Fsp3) is 0.571. The molecular formula is C14H21NO3. The van der Waals surface area contributed by atoms with Crippen molar-refractivity contribution < 1.29 is 14.9 Å². The second-order valence-corrected chi connectivity index (χ2v) is 4.76. The lowest BCUT2D eigenvalue weighted by atomic mass is 9.92. The highest BCUT2D eigenvalue weighted by molar-refractivity contribution is 5.30. The van der Waals surface area contributed by atoms with E-state index in [-0.39, 0.29) is 13.2 Å². The van der Waals surface area contributed by atoms with Gasteiger partial charge in [-0.05, 0) is 43.0 Å². The molecule has 100 valence electrons. The first kappa shape index (κ1) is 13.3. The number of aliphatic hydroxyl groups is 2. The van der Waals surface area contributed by atoms with E-state index in [1.807, 2.05) is 12.1 Å². The Balaban J connectivity index is 1.88. The van der Waals surface area contributed by atoms with Crippen molar-refractivity contribution in [2.75, 3.05) is 26.3 Å². The van der Waals surface area contributed by atoms with Crippen LogP contribution in [0.1, 0.15) is 24.3 Å². The quantitative estimate of drug-likeness (QED) is 0.727. The van der Waals surface area contributed by atoms with Crippen LogP contribution in [0.15, 0.2) is 24.3 Å². The van der Waals surface area contributed by atoms with E-state index in [9.17, 15) is 5.11 Å². The third-order valence-corrected chi connectivity index (χ3v) is 3.30. The first-order chi connectivity index (χ1) is 8.79. The van der Waals surface area contributed by atoms with Gasteiger partial charge in [-0.3, -0.25) is 0 Å². The van der Waals surface area contributed by atoms with Crippen LogP contribution < -0.4 is 10.1 Å². The van der Waals surface area contributed by atoms with Crippen molar-refractivity contribution in [3.63, 3.8) is 0 Å². The monoisotopic (exact) mass is 251 g/mol. The lowest BCUT2D eigenvalue weighted by molar-refractivity contribution is 0.0536. The van der Waals surface area contributed by atoms with Crippen LogP contribution in [0, 0.1) is 0 Å². The van der Waals surface area contributed by atoms with E-state index < -0.39 is 6.10 Å². The largest absolute Gasteiger partial charge is 0.491 e. The number of hydrogen-bond donors (Lipinski definition) is 3. The zero-order valence-electron chi connectivity index (χ0n) is 10.5. The van der Waals surface area contributed by atoms with Gasteiger partial charge in [-0.25, -0.2) is 0 Å². The Hall–Kier alpha value is -1.10. The third-order valence-electron chi connectivity index (χ3n) is 3.30. The number of benzene rings is 1. The second-order valence-electron chi connectivity index (χ2n) is 4.76. The minimum Gasteiger partial charge on any atom is -0.491 e. The highest BCUT2D eigenvalue weighted by atomic mass is 16.5. The Kier molecular flexibility index (Phi) is 4.99. The van der Waals surface area contributed by atoms with Gasteiger partial charge in [-0.2, -0.15) is 0 Å². The van der Waals surface area contributed by atoms with E-state index in [4.69, 9.17) is 9.84 Å². The molecule has 0 radical (unpaired) electrons. The van der Waals surface area contributed by atoms with Crippen LogP contribution in [-0.4, -0.2) is 42.6 Å². The summed E-state index contributed by atoms with van der Waals surface area (Å²) in [5.41, 5.74) is 1.33. The van der Waals surface area contributed by atoms with Gasteiger partial charge in [0.05, 0.1) is 6.61 Å². The number of ether oxygens (including phenoxy) is 1. The lowest BCUT2D eigenvalue weighted by Gasteiger charge is -2.23. The first-order valence-corrected chi connectivity index (χ1v) is 6.52. The molecule has 3 N–H and O–H groups in total. The van der Waals surface area contributed by atoms with Crippen LogP contribution in [0.3, 0.4) is 0 Å². The SMILES string of the molecule is OCC(O)COc1ccc(C2CCCNC2)cc1. The molecule has 1 aliphatic heterocycles. The highest BCUT2D eigenvalue weighted by Gasteiger charge is 2.14. The normalized spacial score (nSPS) is 21.6. The Morgan fingerprint density at radius 1 is 1.33 bits per heavy atom. The van der Waals surface area contributed by atoms with Crippen LogP contribution in [0.5, 0.6) is 5.75 Å². The van der Waals surface area contributed by atoms with Gasteiger partial charge in [0.1, 0.15) is 18.5 Å². The number of nitrogens with one attached hydrogen (secondary N) is 1. The van der Waals surface area contributed by atoms with Crippen LogP contribution >= 0.6 is 0 Å². The van der Waals surface area contributed by atoms with Crippen LogP contribution in [-0.2, 0) is 0 Å². The smallest absolute Gasteiger partial charge is 0.119 e. The van der Waals surface area contributed by atoms with Gasteiger partial charge >= 0.3 is 0 Å². The number of aliphatic hydroxyl groups excluding tert-OH is 2. The van der Waals surface area contributed by atoms with Crippen LogP contribution in [0.25, 0.3) is 0 Å². The van der Waals surface area contributed by atoms with Gasteiger partial charge in [-0.15, -0.1) is 0 Å². The minimum absolute atomic E-state index is 0.126. The van der Waals surface area contributed by atoms with Gasteiger partial charge in [0.15, 0.2) is 0 Å².